The normalized spacial score (nSPS) is 27.0. The number of halogens is 2. The van der Waals surface area contributed by atoms with E-state index < -0.39 is 11.3 Å². The highest BCUT2D eigenvalue weighted by Gasteiger charge is 2.70. The van der Waals surface area contributed by atoms with Crippen molar-refractivity contribution >= 4 is 0 Å². The van der Waals surface area contributed by atoms with Crippen LogP contribution in [0.2, 0.25) is 0 Å². The summed E-state index contributed by atoms with van der Waals surface area (Å²) >= 11 is 0. The lowest BCUT2D eigenvalue weighted by Crippen LogP contribution is -2.40. The summed E-state index contributed by atoms with van der Waals surface area (Å²) in [6, 6.07) is 0. The predicted octanol–water partition coefficient (Wildman–Crippen LogP) is 3.17. The number of rotatable bonds is 4. The average Bonchev–Trinajstić information content (AvgIpc) is 3.36. The molecular formula is C16H31F2NO2. The summed E-state index contributed by atoms with van der Waals surface area (Å²) in [6.07, 6.45) is 3.97. The van der Waals surface area contributed by atoms with Crippen molar-refractivity contribution in [2.45, 2.75) is 51.9 Å². The van der Waals surface area contributed by atoms with E-state index in [-0.39, 0.29) is 6.42 Å². The van der Waals surface area contributed by atoms with Crippen LogP contribution in [0.15, 0.2) is 0 Å². The lowest BCUT2D eigenvalue weighted by atomic mass is 9.92. The topological polar surface area (TPSA) is 32.7 Å². The van der Waals surface area contributed by atoms with Crippen molar-refractivity contribution in [1.82, 2.24) is 4.90 Å². The maximum absolute atomic E-state index is 13.2. The van der Waals surface area contributed by atoms with E-state index in [1.165, 1.54) is 12.8 Å². The Balaban J connectivity index is 0.000000510. The van der Waals surface area contributed by atoms with Gasteiger partial charge in [0, 0.05) is 38.0 Å². The molecule has 0 aromatic rings. The summed E-state index contributed by atoms with van der Waals surface area (Å²) in [4.78, 5) is 2.37. The minimum atomic E-state index is -2.36. The molecule has 1 spiro atoms. The van der Waals surface area contributed by atoms with E-state index in [2.05, 4.69) is 4.90 Å². The highest BCUT2D eigenvalue weighted by atomic mass is 19.3. The van der Waals surface area contributed by atoms with Crippen molar-refractivity contribution in [3.05, 3.63) is 0 Å². The molecule has 2 aliphatic carbocycles. The second-order valence-electron chi connectivity index (χ2n) is 6.37. The first kappa shape index (κ1) is 18.8. The summed E-state index contributed by atoms with van der Waals surface area (Å²) in [5, 5.41) is 7.00. The Kier molecular flexibility index (Phi) is 6.56. The number of alkyl halides is 2. The van der Waals surface area contributed by atoms with Gasteiger partial charge < -0.3 is 14.7 Å². The van der Waals surface area contributed by atoms with E-state index in [4.69, 9.17) is 9.84 Å². The smallest absolute Gasteiger partial charge is 0.254 e. The number of ether oxygens (including phenoxy) is 1. The molecule has 0 aromatic heterocycles. The largest absolute Gasteiger partial charge is 0.400 e. The van der Waals surface area contributed by atoms with Gasteiger partial charge in [-0.2, -0.15) is 0 Å². The van der Waals surface area contributed by atoms with Crippen LogP contribution in [0.3, 0.4) is 0 Å². The summed E-state index contributed by atoms with van der Waals surface area (Å²) in [6.45, 7) is 7.56. The van der Waals surface area contributed by atoms with Gasteiger partial charge in [0.1, 0.15) is 0 Å². The van der Waals surface area contributed by atoms with Gasteiger partial charge in [-0.05, 0) is 38.8 Å². The number of hydrogen-bond acceptors (Lipinski definition) is 3. The fraction of sp³-hybridized carbons (Fsp3) is 1.00. The molecule has 0 atom stereocenters. The van der Waals surface area contributed by atoms with Crippen molar-refractivity contribution in [2.24, 2.45) is 10.8 Å². The van der Waals surface area contributed by atoms with Gasteiger partial charge in [0.2, 0.25) is 0 Å². The molecule has 126 valence electrons. The molecule has 0 amide bonds. The van der Waals surface area contributed by atoms with Crippen LogP contribution in [-0.2, 0) is 4.74 Å². The first-order valence-corrected chi connectivity index (χ1v) is 8.05. The van der Waals surface area contributed by atoms with Crippen LogP contribution < -0.4 is 0 Å². The SMILES string of the molecule is CC.CO.COCC1(CN2CCC3(CC2)CC3(F)F)CC1. The van der Waals surface area contributed by atoms with Gasteiger partial charge >= 0.3 is 0 Å². The van der Waals surface area contributed by atoms with E-state index >= 15 is 0 Å². The van der Waals surface area contributed by atoms with E-state index in [0.29, 0.717) is 18.3 Å². The number of aliphatic hydroxyl groups is 1. The fourth-order valence-corrected chi connectivity index (χ4v) is 3.37. The van der Waals surface area contributed by atoms with Gasteiger partial charge in [0.15, 0.2) is 0 Å². The molecule has 1 heterocycles. The molecule has 1 N–H and O–H groups in total. The van der Waals surface area contributed by atoms with Crippen LogP contribution in [0.1, 0.15) is 46.0 Å². The number of methoxy groups -OCH3 is 1. The minimum absolute atomic E-state index is 0.136. The molecule has 0 radical (unpaired) electrons. The van der Waals surface area contributed by atoms with Crippen molar-refractivity contribution in [2.75, 3.05) is 40.5 Å². The number of likely N-dealkylation sites (tertiary alicyclic amines) is 1. The summed E-state index contributed by atoms with van der Waals surface area (Å²) < 4.78 is 31.7. The summed E-state index contributed by atoms with van der Waals surface area (Å²) in [7, 11) is 2.75. The Morgan fingerprint density at radius 2 is 1.52 bits per heavy atom. The molecule has 3 rings (SSSR count). The molecule has 3 aliphatic rings. The van der Waals surface area contributed by atoms with Crippen LogP contribution in [0.25, 0.3) is 0 Å². The highest BCUT2D eigenvalue weighted by molar-refractivity contribution is 5.12. The molecule has 0 bridgehead atoms. The average molecular weight is 307 g/mol. The molecule has 3 nitrogen and oxygen atoms in total. The van der Waals surface area contributed by atoms with Crippen molar-refractivity contribution < 1.29 is 18.6 Å². The maximum atomic E-state index is 13.2. The molecule has 5 heteroatoms. The number of aliphatic hydroxyl groups excluding tert-OH is 1. The lowest BCUT2D eigenvalue weighted by molar-refractivity contribution is 0.0226. The Hall–Kier alpha value is -0.260. The van der Waals surface area contributed by atoms with Gasteiger partial charge in [0.25, 0.3) is 5.92 Å². The van der Waals surface area contributed by atoms with E-state index in [1.807, 2.05) is 13.8 Å². The zero-order chi connectivity index (χ0) is 16.1. The molecule has 0 unspecified atom stereocenters. The minimum Gasteiger partial charge on any atom is -0.400 e. The summed E-state index contributed by atoms with van der Waals surface area (Å²) in [5.74, 6) is -2.36. The fourth-order valence-electron chi connectivity index (χ4n) is 3.37. The summed E-state index contributed by atoms with van der Waals surface area (Å²) in [5.41, 5.74) is -0.257. The van der Waals surface area contributed by atoms with Crippen LogP contribution >= 0.6 is 0 Å². The first-order valence-electron chi connectivity index (χ1n) is 8.05. The number of hydrogen-bond donors (Lipinski definition) is 1. The van der Waals surface area contributed by atoms with E-state index in [1.54, 1.807) is 7.11 Å². The quantitative estimate of drug-likeness (QED) is 0.866. The highest BCUT2D eigenvalue weighted by Crippen LogP contribution is 2.66. The van der Waals surface area contributed by atoms with Gasteiger partial charge in [-0.3, -0.25) is 0 Å². The maximum Gasteiger partial charge on any atom is 0.254 e. The standard InChI is InChI=1S/C13H21F2NO.C2H6.CH4O/c1-17-10-11(2-3-11)9-16-6-4-12(5-7-16)8-13(12,14)15;2*1-2/h2-10H2,1H3;1-2H3;2H,1H3. The molecule has 2 saturated carbocycles. The molecule has 1 aliphatic heterocycles. The Morgan fingerprint density at radius 3 is 1.86 bits per heavy atom. The van der Waals surface area contributed by atoms with Gasteiger partial charge in [-0.15, -0.1) is 0 Å². The Morgan fingerprint density at radius 1 is 1.05 bits per heavy atom. The zero-order valence-electron chi connectivity index (χ0n) is 13.9. The third-order valence-corrected chi connectivity index (χ3v) is 4.99. The van der Waals surface area contributed by atoms with Gasteiger partial charge in [0.05, 0.1) is 6.61 Å². The van der Waals surface area contributed by atoms with Gasteiger partial charge in [-0.1, -0.05) is 13.8 Å². The molecular weight excluding hydrogens is 276 g/mol. The van der Waals surface area contributed by atoms with Crippen LogP contribution in [0, 0.1) is 10.8 Å². The van der Waals surface area contributed by atoms with Crippen molar-refractivity contribution in [3.63, 3.8) is 0 Å². The molecule has 0 aromatic carbocycles. The molecule has 21 heavy (non-hydrogen) atoms. The first-order chi connectivity index (χ1) is 10.0. The monoisotopic (exact) mass is 307 g/mol. The van der Waals surface area contributed by atoms with E-state index in [0.717, 1.165) is 33.4 Å². The Labute approximate surface area is 127 Å². The van der Waals surface area contributed by atoms with Crippen LogP contribution in [-0.4, -0.2) is 56.4 Å². The third kappa shape index (κ3) is 4.14. The van der Waals surface area contributed by atoms with Gasteiger partial charge in [-0.25, -0.2) is 8.78 Å². The Bertz CT molecular complexity index is 311. The lowest BCUT2D eigenvalue weighted by Gasteiger charge is -2.34. The predicted molar refractivity (Wildman–Crippen MR) is 80.7 cm³/mol. The molecule has 3 fully saturated rings. The second kappa shape index (κ2) is 7.34. The third-order valence-electron chi connectivity index (χ3n) is 4.99. The van der Waals surface area contributed by atoms with Crippen LogP contribution in [0.5, 0.6) is 0 Å². The number of piperidine rings is 1. The number of nitrogens with zero attached hydrogens (tertiary/aromatic N) is 1. The molecule has 1 saturated heterocycles. The van der Waals surface area contributed by atoms with E-state index in [9.17, 15) is 8.78 Å². The van der Waals surface area contributed by atoms with Crippen LogP contribution in [0.4, 0.5) is 8.78 Å². The van der Waals surface area contributed by atoms with Crippen molar-refractivity contribution in [1.29, 1.82) is 0 Å². The second-order valence-corrected chi connectivity index (χ2v) is 6.37. The van der Waals surface area contributed by atoms with Crippen molar-refractivity contribution in [3.8, 4) is 0 Å². The zero-order valence-corrected chi connectivity index (χ0v) is 13.9.